The largest absolute Gasteiger partial charge is 0.397 e. The van der Waals surface area contributed by atoms with Crippen LogP contribution in [0.2, 0.25) is 0 Å². The monoisotopic (exact) mass is 1180 g/mol. The minimum atomic E-state index is -5.38. The number of aliphatic hydroxyl groups is 1. The Hall–Kier alpha value is -1.29. The summed E-state index contributed by atoms with van der Waals surface area (Å²) in [5.74, 6) is 0. The summed E-state index contributed by atoms with van der Waals surface area (Å²) in [5, 5.41) is 10.7. The van der Waals surface area contributed by atoms with E-state index in [-0.39, 0.29) is 0 Å². The average molecular weight is 1180 g/mol. The van der Waals surface area contributed by atoms with E-state index in [1.165, 1.54) is 0 Å². The summed E-state index contributed by atoms with van der Waals surface area (Å²) in [6.07, 6.45) is -34.1. The van der Waals surface area contributed by atoms with E-state index < -0.39 is 201 Å². The molecule has 432 valence electrons. The van der Waals surface area contributed by atoms with Gasteiger partial charge in [0.15, 0.2) is 25.2 Å². The molecule has 4 heterocycles. The molecule has 4 saturated heterocycles. The highest BCUT2D eigenvalue weighted by molar-refractivity contribution is 7.81. The van der Waals surface area contributed by atoms with E-state index >= 15 is 0 Å². The van der Waals surface area contributed by atoms with E-state index in [0.29, 0.717) is 0 Å². The lowest BCUT2D eigenvalue weighted by Gasteiger charge is -2.51. The predicted molar refractivity (Wildman–Crippen MR) is 224 cm³/mol. The summed E-state index contributed by atoms with van der Waals surface area (Å²) in [6, 6.07) is 0. The first-order valence-corrected chi connectivity index (χ1v) is 27.3. The molecule has 20 atom stereocenters. The fraction of sp³-hybridized carbons (Fsp3) is 1.00. The molecule has 0 spiro atoms. The van der Waals surface area contributed by atoms with E-state index in [1.807, 2.05) is 0 Å². The zero-order valence-corrected chi connectivity index (χ0v) is 43.4. The van der Waals surface area contributed by atoms with Crippen LogP contribution in [-0.2, 0) is 144 Å². The number of aliphatic hydroxyl groups excluding tert-OH is 1. The Kier molecular flexibility index (Phi) is 23.8. The van der Waals surface area contributed by atoms with Gasteiger partial charge in [-0.05, 0) is 0 Å². The zero-order valence-electron chi connectivity index (χ0n) is 39.3. The van der Waals surface area contributed by atoms with Gasteiger partial charge >= 0.3 is 52.0 Å². The van der Waals surface area contributed by atoms with E-state index in [4.69, 9.17) is 75.2 Å². The summed E-state index contributed by atoms with van der Waals surface area (Å²) >= 11 is 0. The predicted octanol–water partition coefficient (Wildman–Crippen LogP) is -5.38. The minimum absolute atomic E-state index is 0.995. The summed E-state index contributed by atoms with van der Waals surface area (Å²) in [6.45, 7) is -4.59. The maximum atomic E-state index is 12.0. The van der Waals surface area contributed by atoms with Gasteiger partial charge in [-0.25, -0.2) is 20.9 Å². The third-order valence-electron chi connectivity index (χ3n) is 11.2. The highest BCUT2D eigenvalue weighted by atomic mass is 32.3. The van der Waals surface area contributed by atoms with Crippen LogP contribution in [0, 0.1) is 0 Å². The molecular weight excluding hydrogens is 1120 g/mol. The molecule has 0 aliphatic carbocycles. The van der Waals surface area contributed by atoms with Crippen molar-refractivity contribution >= 4 is 52.0 Å². The van der Waals surface area contributed by atoms with Crippen LogP contribution in [0.5, 0.6) is 0 Å². The molecule has 12 unspecified atom stereocenters. The van der Waals surface area contributed by atoms with Crippen molar-refractivity contribution in [2.45, 2.75) is 123 Å². The third-order valence-corrected chi connectivity index (χ3v) is 13.4. The first kappa shape index (κ1) is 64.2. The molecule has 4 aliphatic heterocycles. The second-order valence-corrected chi connectivity index (χ2v) is 20.8. The van der Waals surface area contributed by atoms with Gasteiger partial charge in [0.1, 0.15) is 97.7 Å². The van der Waals surface area contributed by atoms with Crippen molar-refractivity contribution in [2.24, 2.45) is 0 Å². The number of hydrogen-bond donors (Lipinski definition) is 6. The van der Waals surface area contributed by atoms with Crippen molar-refractivity contribution < 1.29 is 162 Å². The highest BCUT2D eigenvalue weighted by Crippen LogP contribution is 2.39. The van der Waals surface area contributed by atoms with Crippen molar-refractivity contribution in [1.82, 2.24) is 0 Å². The molecule has 0 amide bonds. The van der Waals surface area contributed by atoms with Crippen molar-refractivity contribution in [3.63, 3.8) is 0 Å². The topological polar surface area (TPSA) is 477 Å². The SMILES string of the molecule is COC1C(OC)[C@H](OS(=O)(=O)O)C(COS(=O)(=O)O)O[C@@H]1O[C@@H]1C(COS(=O)(=O)O)O[C@H](O[C@@H]2C(COS(=O)(=O)O)O[C@H](O[C@@H]3C(COS(=O)(=O)O)O[C@H](O)C(OC)C3OC)C(OC)C2OC)C(OC)C1OC. The lowest BCUT2D eigenvalue weighted by Crippen LogP contribution is -2.68. The van der Waals surface area contributed by atoms with E-state index in [0.717, 1.165) is 56.9 Å². The number of rotatable bonds is 28. The van der Waals surface area contributed by atoms with Crippen LogP contribution in [0.4, 0.5) is 0 Å². The molecule has 73 heavy (non-hydrogen) atoms. The van der Waals surface area contributed by atoms with Crippen molar-refractivity contribution in [3.05, 3.63) is 0 Å². The van der Waals surface area contributed by atoms with Crippen LogP contribution in [0.25, 0.3) is 0 Å². The number of hydrogen-bond acceptors (Lipinski definition) is 31. The molecule has 0 aromatic heterocycles. The van der Waals surface area contributed by atoms with Crippen LogP contribution in [-0.4, -0.2) is 276 Å². The van der Waals surface area contributed by atoms with Crippen LogP contribution in [0.1, 0.15) is 0 Å². The maximum absolute atomic E-state index is 12.0. The second-order valence-electron chi connectivity index (χ2n) is 15.4. The van der Waals surface area contributed by atoms with E-state index in [2.05, 4.69) is 16.7 Å². The molecule has 0 aromatic rings. The van der Waals surface area contributed by atoms with Gasteiger partial charge < -0.3 is 76.2 Å². The highest BCUT2D eigenvalue weighted by Gasteiger charge is 2.58. The molecule has 36 nitrogen and oxygen atoms in total. The van der Waals surface area contributed by atoms with Crippen LogP contribution < -0.4 is 0 Å². The zero-order chi connectivity index (χ0) is 55.0. The lowest BCUT2D eigenvalue weighted by atomic mass is 9.95. The standard InChI is InChI=1S/C32H58O36S5/c1-49-21-17(13(9-57-69(34,35)36)61-29(33)25(21)53-5)65-30-26(54-6)22(50-2)18(14(62-30)10-58-70(37,38)39)66-31-27(55-7)23(51-3)19(15(63-31)11-59-71(40,41)42)67-32-28(56-8)24(52-4)20(68-73(46,47)48)16(64-32)12-60-72(43,44)45/h13-33H,9-12H2,1-8H3,(H,34,35,36)(H,37,38,39)(H,40,41,42)(H,43,44,45)(H,46,47,48)/t13?,14?,15?,16?,17-,18-,19-,20-,21?,22?,23?,24?,25?,26?,27?,28?,29+,30-,31-,32-/m1/s1. The Morgan fingerprint density at radius 1 is 0.315 bits per heavy atom. The summed E-state index contributed by atoms with van der Waals surface area (Å²) in [7, 11) is -17.7. The molecule has 0 bridgehead atoms. The summed E-state index contributed by atoms with van der Waals surface area (Å²) < 4.78 is 275. The fourth-order valence-corrected chi connectivity index (χ4v) is 10.0. The van der Waals surface area contributed by atoms with Crippen molar-refractivity contribution in [1.29, 1.82) is 0 Å². The van der Waals surface area contributed by atoms with Gasteiger partial charge in [-0.1, -0.05) is 0 Å². The Morgan fingerprint density at radius 3 is 0.795 bits per heavy atom. The van der Waals surface area contributed by atoms with Gasteiger partial charge in [-0.3, -0.25) is 22.8 Å². The Bertz CT molecular complexity index is 2290. The van der Waals surface area contributed by atoms with Crippen LogP contribution in [0.15, 0.2) is 0 Å². The molecule has 0 radical (unpaired) electrons. The van der Waals surface area contributed by atoms with Gasteiger partial charge in [-0.2, -0.15) is 42.1 Å². The second kappa shape index (κ2) is 27.0. The van der Waals surface area contributed by atoms with Gasteiger partial charge in [0.25, 0.3) is 0 Å². The first-order valence-electron chi connectivity index (χ1n) is 20.5. The van der Waals surface area contributed by atoms with Crippen molar-refractivity contribution in [3.8, 4) is 0 Å². The third kappa shape index (κ3) is 18.1. The van der Waals surface area contributed by atoms with Gasteiger partial charge in [-0.15, -0.1) is 0 Å². The molecule has 4 rings (SSSR count). The molecule has 0 saturated carbocycles. The maximum Gasteiger partial charge on any atom is 0.397 e. The minimum Gasteiger partial charge on any atom is -0.376 e. The molecule has 4 fully saturated rings. The number of methoxy groups -OCH3 is 8. The first-order chi connectivity index (χ1) is 33.9. The Morgan fingerprint density at radius 2 is 0.548 bits per heavy atom. The van der Waals surface area contributed by atoms with Crippen molar-refractivity contribution in [2.75, 3.05) is 83.3 Å². The smallest absolute Gasteiger partial charge is 0.376 e. The van der Waals surface area contributed by atoms with Gasteiger partial charge in [0, 0.05) is 56.9 Å². The van der Waals surface area contributed by atoms with Gasteiger partial charge in [0.05, 0.1) is 26.4 Å². The molecule has 41 heteroatoms. The molecule has 0 aromatic carbocycles. The van der Waals surface area contributed by atoms with E-state index in [9.17, 15) is 70.0 Å². The van der Waals surface area contributed by atoms with E-state index in [1.54, 1.807) is 0 Å². The quantitative estimate of drug-likeness (QED) is 0.0398. The molecule has 6 N–H and O–H groups in total. The Balaban J connectivity index is 1.77. The van der Waals surface area contributed by atoms with Crippen LogP contribution >= 0.6 is 0 Å². The number of ether oxygens (including phenoxy) is 15. The summed E-state index contributed by atoms with van der Waals surface area (Å²) in [4.78, 5) is 0. The van der Waals surface area contributed by atoms with Gasteiger partial charge in [0.2, 0.25) is 0 Å². The Labute approximate surface area is 418 Å². The normalized spacial score (nSPS) is 38.3. The fourth-order valence-electron chi connectivity index (χ4n) is 8.29. The summed E-state index contributed by atoms with van der Waals surface area (Å²) in [5.41, 5.74) is 0. The average Bonchev–Trinajstić information content (AvgIpc) is 3.28. The lowest BCUT2D eigenvalue weighted by molar-refractivity contribution is -0.392. The molecule has 4 aliphatic rings. The molecular formula is C32H58O36S5. The van der Waals surface area contributed by atoms with Crippen LogP contribution in [0.3, 0.4) is 0 Å².